The van der Waals surface area contributed by atoms with Crippen molar-refractivity contribution in [2.45, 2.75) is 64.2 Å². The molecule has 196 valence electrons. The number of aromatic nitrogens is 4. The lowest BCUT2D eigenvalue weighted by molar-refractivity contribution is 0.434. The van der Waals surface area contributed by atoms with Crippen LogP contribution in [0.15, 0.2) is 60.9 Å². The van der Waals surface area contributed by atoms with E-state index < -0.39 is 0 Å². The molecule has 4 heterocycles. The minimum atomic E-state index is 0.329. The fraction of sp³-hybridized carbons (Fsp3) is 0.394. The van der Waals surface area contributed by atoms with Crippen LogP contribution in [0.4, 0.5) is 0 Å². The number of fused-ring (bicyclic) bond motifs is 2. The maximum absolute atomic E-state index is 4.69. The summed E-state index contributed by atoms with van der Waals surface area (Å²) in [6.45, 7) is 7.10. The van der Waals surface area contributed by atoms with Gasteiger partial charge in [0, 0.05) is 23.2 Å². The maximum atomic E-state index is 4.69. The van der Waals surface area contributed by atoms with Gasteiger partial charge in [0.15, 0.2) is 0 Å². The van der Waals surface area contributed by atoms with E-state index in [0.29, 0.717) is 35.0 Å². The highest BCUT2D eigenvalue weighted by atomic mass is 15.1. The molecule has 39 heavy (non-hydrogen) atoms. The molecule has 6 nitrogen and oxygen atoms in total. The van der Waals surface area contributed by atoms with E-state index in [1.165, 1.54) is 12.8 Å². The van der Waals surface area contributed by atoms with Crippen molar-refractivity contribution in [2.24, 2.45) is 16.7 Å². The highest BCUT2D eigenvalue weighted by molar-refractivity contribution is 5.62. The van der Waals surface area contributed by atoms with Gasteiger partial charge in [-0.2, -0.15) is 0 Å². The first-order valence-corrected chi connectivity index (χ1v) is 14.2. The Morgan fingerprint density at radius 1 is 0.718 bits per heavy atom. The van der Waals surface area contributed by atoms with Gasteiger partial charge in [-0.3, -0.25) is 0 Å². The molecule has 4 N–H and O–H groups in total. The number of aromatic amines is 2. The normalized spacial score (nSPS) is 33.8. The molecule has 2 saturated carbocycles. The molecular formula is C33H34N6. The number of nitrogens with zero attached hydrogens (tertiary/aromatic N) is 2. The summed E-state index contributed by atoms with van der Waals surface area (Å²) in [5.74, 6) is 9.48. The Morgan fingerprint density at radius 2 is 1.26 bits per heavy atom. The Kier molecular flexibility index (Phi) is 4.87. The molecule has 0 spiro atoms. The highest BCUT2D eigenvalue weighted by Crippen LogP contribution is 2.62. The first kappa shape index (κ1) is 23.2. The smallest absolute Gasteiger partial charge is 0.123 e. The van der Waals surface area contributed by atoms with Gasteiger partial charge in [0.1, 0.15) is 11.6 Å². The summed E-state index contributed by atoms with van der Waals surface area (Å²) in [6.07, 6.45) is 7.51. The van der Waals surface area contributed by atoms with Crippen molar-refractivity contribution in [3.63, 3.8) is 0 Å². The summed E-state index contributed by atoms with van der Waals surface area (Å²) in [6, 6.07) is 18.8. The zero-order chi connectivity index (χ0) is 26.4. The van der Waals surface area contributed by atoms with Gasteiger partial charge in [-0.15, -0.1) is 0 Å². The molecule has 0 amide bonds. The van der Waals surface area contributed by atoms with Crippen LogP contribution in [-0.2, 0) is 0 Å². The zero-order valence-electron chi connectivity index (χ0n) is 22.7. The second-order valence-corrected chi connectivity index (χ2v) is 12.8. The van der Waals surface area contributed by atoms with Crippen LogP contribution in [0.2, 0.25) is 0 Å². The summed E-state index contributed by atoms with van der Waals surface area (Å²) < 4.78 is 0. The van der Waals surface area contributed by atoms with Crippen LogP contribution >= 0.6 is 0 Å². The first-order valence-electron chi connectivity index (χ1n) is 14.2. The SMILES string of the molecule is C[C@@H]1[C@@H]2N[C@H](c3ncc(-c4ccc(C#Cc5ccc(-c6cnc([C@@H]7C[C@]8(C)C[C@@H]8N7)[nH]6)cc5)cc4)[nH]3)C[C@]12C. The van der Waals surface area contributed by atoms with Gasteiger partial charge in [0.25, 0.3) is 0 Å². The van der Waals surface area contributed by atoms with Crippen LogP contribution in [0, 0.1) is 28.6 Å². The molecule has 2 aliphatic heterocycles. The standard InChI is InChI=1S/C33H34N6/c1-19-29-33(19,3)15-25(37-29)31-35-18-27(39-31)23-12-8-21(9-13-23)5-4-20-6-10-22(11-7-20)26-17-34-30(38-26)24-14-32(2)16-28(32)36-24/h6-13,17-19,24-25,28-29,36-37H,14-16H2,1-3H3,(H,34,38)(H,35,39)/t19-,24+,25+,28+,29+,32-,33-/m1/s1. The maximum Gasteiger partial charge on any atom is 0.123 e. The van der Waals surface area contributed by atoms with Crippen LogP contribution in [0.3, 0.4) is 0 Å². The van der Waals surface area contributed by atoms with Crippen molar-refractivity contribution in [2.75, 3.05) is 0 Å². The van der Waals surface area contributed by atoms with E-state index in [4.69, 9.17) is 0 Å². The molecule has 2 aromatic carbocycles. The number of H-pyrrole nitrogens is 2. The lowest BCUT2D eigenvalue weighted by Gasteiger charge is -2.13. The Balaban J connectivity index is 0.914. The summed E-state index contributed by atoms with van der Waals surface area (Å²) in [5.41, 5.74) is 7.27. The van der Waals surface area contributed by atoms with E-state index >= 15 is 0 Å². The molecule has 4 aromatic rings. The molecule has 4 fully saturated rings. The molecule has 8 rings (SSSR count). The number of benzene rings is 2. The van der Waals surface area contributed by atoms with E-state index in [0.717, 1.165) is 57.6 Å². The van der Waals surface area contributed by atoms with Gasteiger partial charge in [-0.25, -0.2) is 9.97 Å². The van der Waals surface area contributed by atoms with Gasteiger partial charge in [0.05, 0.1) is 35.9 Å². The molecule has 2 aliphatic carbocycles. The van der Waals surface area contributed by atoms with Crippen molar-refractivity contribution >= 4 is 0 Å². The number of imidazole rings is 2. The monoisotopic (exact) mass is 514 g/mol. The number of hydrogen-bond acceptors (Lipinski definition) is 4. The fourth-order valence-corrected chi connectivity index (χ4v) is 7.10. The van der Waals surface area contributed by atoms with Crippen LogP contribution in [0.25, 0.3) is 22.5 Å². The Bertz CT molecular complexity index is 1620. The molecule has 0 radical (unpaired) electrons. The van der Waals surface area contributed by atoms with Crippen molar-refractivity contribution in [3.05, 3.63) is 83.7 Å². The van der Waals surface area contributed by atoms with Gasteiger partial charge in [-0.1, -0.05) is 56.9 Å². The quantitative estimate of drug-likeness (QED) is 0.262. The van der Waals surface area contributed by atoms with Crippen molar-refractivity contribution < 1.29 is 0 Å². The second-order valence-electron chi connectivity index (χ2n) is 12.8. The molecule has 0 unspecified atom stereocenters. The predicted molar refractivity (Wildman–Crippen MR) is 153 cm³/mol. The Morgan fingerprint density at radius 3 is 1.72 bits per heavy atom. The molecule has 7 atom stereocenters. The minimum absolute atomic E-state index is 0.329. The summed E-state index contributed by atoms with van der Waals surface area (Å²) >= 11 is 0. The third kappa shape index (κ3) is 3.87. The average molecular weight is 515 g/mol. The fourth-order valence-electron chi connectivity index (χ4n) is 7.10. The van der Waals surface area contributed by atoms with Crippen molar-refractivity contribution in [1.29, 1.82) is 0 Å². The molecule has 0 bridgehead atoms. The summed E-state index contributed by atoms with van der Waals surface area (Å²) in [7, 11) is 0. The summed E-state index contributed by atoms with van der Waals surface area (Å²) in [5, 5.41) is 7.45. The highest BCUT2D eigenvalue weighted by Gasteiger charge is 2.64. The van der Waals surface area contributed by atoms with E-state index in [1.54, 1.807) is 0 Å². The van der Waals surface area contributed by atoms with Crippen LogP contribution in [0.5, 0.6) is 0 Å². The number of rotatable bonds is 4. The van der Waals surface area contributed by atoms with Crippen LogP contribution in [-0.4, -0.2) is 32.0 Å². The Labute approximate surface area is 229 Å². The topological polar surface area (TPSA) is 81.4 Å². The van der Waals surface area contributed by atoms with E-state index in [-0.39, 0.29) is 0 Å². The lowest BCUT2D eigenvalue weighted by Crippen LogP contribution is -2.21. The minimum Gasteiger partial charge on any atom is -0.341 e. The number of piperidine rings is 2. The van der Waals surface area contributed by atoms with Crippen molar-refractivity contribution in [3.8, 4) is 34.4 Å². The molecule has 2 saturated heterocycles. The Hall–Kier alpha value is -3.66. The van der Waals surface area contributed by atoms with Crippen LogP contribution in [0.1, 0.15) is 74.9 Å². The van der Waals surface area contributed by atoms with Gasteiger partial charge in [0.2, 0.25) is 0 Å². The van der Waals surface area contributed by atoms with E-state index in [2.05, 4.69) is 112 Å². The molecule has 6 heteroatoms. The third-order valence-electron chi connectivity index (χ3n) is 10.2. The molecular weight excluding hydrogens is 480 g/mol. The largest absolute Gasteiger partial charge is 0.341 e. The first-order chi connectivity index (χ1) is 18.9. The van der Waals surface area contributed by atoms with E-state index in [1.807, 2.05) is 12.4 Å². The number of hydrogen-bond donors (Lipinski definition) is 4. The van der Waals surface area contributed by atoms with E-state index in [9.17, 15) is 0 Å². The van der Waals surface area contributed by atoms with Crippen LogP contribution < -0.4 is 10.6 Å². The lowest BCUT2D eigenvalue weighted by atomic mass is 9.99. The van der Waals surface area contributed by atoms with Gasteiger partial charge >= 0.3 is 0 Å². The zero-order valence-corrected chi connectivity index (χ0v) is 22.7. The third-order valence-corrected chi connectivity index (χ3v) is 10.2. The second kappa shape index (κ2) is 8.17. The predicted octanol–water partition coefficient (Wildman–Crippen LogP) is 5.74. The average Bonchev–Trinajstić information content (AvgIpc) is 3.46. The molecule has 2 aromatic heterocycles. The number of nitrogens with one attached hydrogen (secondary N) is 4. The van der Waals surface area contributed by atoms with Crippen molar-refractivity contribution in [1.82, 2.24) is 30.6 Å². The van der Waals surface area contributed by atoms with Gasteiger partial charge in [-0.05, 0) is 71.4 Å². The summed E-state index contributed by atoms with van der Waals surface area (Å²) in [4.78, 5) is 16.4. The molecule has 4 aliphatic rings. The van der Waals surface area contributed by atoms with Gasteiger partial charge < -0.3 is 20.6 Å².